The Morgan fingerprint density at radius 1 is 1.50 bits per heavy atom. The summed E-state index contributed by atoms with van der Waals surface area (Å²) in [5, 5.41) is 7.85. The van der Waals surface area contributed by atoms with Crippen LogP contribution < -0.4 is 10.1 Å². The van der Waals surface area contributed by atoms with Crippen LogP contribution in [0.1, 0.15) is 15.4 Å². The van der Waals surface area contributed by atoms with Crippen molar-refractivity contribution in [2.45, 2.75) is 6.92 Å². The van der Waals surface area contributed by atoms with Gasteiger partial charge in [0.15, 0.2) is 6.61 Å². The molecule has 0 aromatic carbocycles. The summed E-state index contributed by atoms with van der Waals surface area (Å²) in [7, 11) is 1.28. The van der Waals surface area contributed by atoms with Gasteiger partial charge in [0.25, 0.3) is 11.8 Å². The number of anilines is 1. The standard InChI is InChI=1S/C12H12N2O5S/c1-7-5-10(14-19-7)18-6-9(15)13-8-3-4-20-11(8)12(16)17-2/h3-5H,6H2,1-2H3,(H,13,15). The first-order chi connectivity index (χ1) is 9.60. The minimum atomic E-state index is -0.497. The minimum Gasteiger partial charge on any atom is -0.465 e. The number of amides is 1. The molecule has 106 valence electrons. The Bertz CT molecular complexity index is 619. The van der Waals surface area contributed by atoms with E-state index in [4.69, 9.17) is 9.26 Å². The molecule has 0 unspecified atom stereocenters. The number of esters is 1. The zero-order valence-corrected chi connectivity index (χ0v) is 11.7. The van der Waals surface area contributed by atoms with Gasteiger partial charge in [0.2, 0.25) is 0 Å². The number of hydrogen-bond acceptors (Lipinski definition) is 7. The second-order valence-corrected chi connectivity index (χ2v) is 4.68. The van der Waals surface area contributed by atoms with Gasteiger partial charge in [0.05, 0.1) is 12.8 Å². The molecule has 0 saturated carbocycles. The Labute approximate surface area is 118 Å². The molecule has 8 heteroatoms. The summed E-state index contributed by atoms with van der Waals surface area (Å²) in [6, 6.07) is 3.19. The zero-order chi connectivity index (χ0) is 14.5. The van der Waals surface area contributed by atoms with E-state index in [2.05, 4.69) is 15.2 Å². The van der Waals surface area contributed by atoms with Crippen LogP contribution in [-0.4, -0.2) is 30.7 Å². The van der Waals surface area contributed by atoms with Gasteiger partial charge in [-0.2, -0.15) is 0 Å². The Morgan fingerprint density at radius 2 is 2.30 bits per heavy atom. The number of nitrogens with one attached hydrogen (secondary N) is 1. The predicted molar refractivity (Wildman–Crippen MR) is 71.0 cm³/mol. The average molecular weight is 296 g/mol. The summed E-state index contributed by atoms with van der Waals surface area (Å²) in [6.07, 6.45) is 0. The van der Waals surface area contributed by atoms with E-state index in [1.54, 1.807) is 24.4 Å². The molecule has 0 radical (unpaired) electrons. The SMILES string of the molecule is COC(=O)c1sccc1NC(=O)COc1cc(C)on1. The van der Waals surface area contributed by atoms with Crippen LogP contribution in [-0.2, 0) is 9.53 Å². The molecular weight excluding hydrogens is 284 g/mol. The Morgan fingerprint density at radius 3 is 2.95 bits per heavy atom. The van der Waals surface area contributed by atoms with Crippen molar-refractivity contribution < 1.29 is 23.6 Å². The smallest absolute Gasteiger partial charge is 0.350 e. The lowest BCUT2D eigenvalue weighted by molar-refractivity contribution is -0.118. The lowest BCUT2D eigenvalue weighted by Crippen LogP contribution is -2.21. The normalized spacial score (nSPS) is 10.1. The molecule has 0 saturated heterocycles. The zero-order valence-electron chi connectivity index (χ0n) is 10.8. The van der Waals surface area contributed by atoms with Crippen LogP contribution in [0.25, 0.3) is 0 Å². The Kier molecular flexibility index (Phi) is 4.36. The molecule has 1 amide bonds. The van der Waals surface area contributed by atoms with Gasteiger partial charge in [0.1, 0.15) is 10.6 Å². The van der Waals surface area contributed by atoms with Gasteiger partial charge < -0.3 is 19.3 Å². The van der Waals surface area contributed by atoms with Gasteiger partial charge in [-0.15, -0.1) is 11.3 Å². The predicted octanol–water partition coefficient (Wildman–Crippen LogP) is 1.85. The van der Waals surface area contributed by atoms with Gasteiger partial charge in [-0.05, 0) is 23.5 Å². The molecule has 7 nitrogen and oxygen atoms in total. The van der Waals surface area contributed by atoms with E-state index in [-0.39, 0.29) is 12.5 Å². The third-order valence-electron chi connectivity index (χ3n) is 2.27. The topological polar surface area (TPSA) is 90.7 Å². The van der Waals surface area contributed by atoms with Gasteiger partial charge in [0, 0.05) is 6.07 Å². The summed E-state index contributed by atoms with van der Waals surface area (Å²) >= 11 is 1.18. The summed E-state index contributed by atoms with van der Waals surface area (Å²) in [4.78, 5) is 23.5. The van der Waals surface area contributed by atoms with Crippen LogP contribution >= 0.6 is 11.3 Å². The molecule has 0 atom stereocenters. The van der Waals surface area contributed by atoms with Crippen molar-refractivity contribution in [3.05, 3.63) is 28.2 Å². The lowest BCUT2D eigenvalue weighted by atomic mass is 10.4. The molecule has 0 aliphatic heterocycles. The fraction of sp³-hybridized carbons (Fsp3) is 0.250. The van der Waals surface area contributed by atoms with Crippen molar-refractivity contribution >= 4 is 28.9 Å². The van der Waals surface area contributed by atoms with Crippen molar-refractivity contribution in [3.63, 3.8) is 0 Å². The number of methoxy groups -OCH3 is 1. The highest BCUT2D eigenvalue weighted by molar-refractivity contribution is 7.12. The summed E-state index contributed by atoms with van der Waals surface area (Å²) < 4.78 is 14.6. The number of nitrogens with zero attached hydrogens (tertiary/aromatic N) is 1. The van der Waals surface area contributed by atoms with E-state index in [1.807, 2.05) is 0 Å². The second-order valence-electron chi connectivity index (χ2n) is 3.77. The van der Waals surface area contributed by atoms with Crippen LogP contribution in [0.15, 0.2) is 22.0 Å². The molecule has 0 spiro atoms. The van der Waals surface area contributed by atoms with E-state index in [1.165, 1.54) is 18.4 Å². The highest BCUT2D eigenvalue weighted by atomic mass is 32.1. The first-order valence-corrected chi connectivity index (χ1v) is 6.50. The van der Waals surface area contributed by atoms with Crippen molar-refractivity contribution in [1.82, 2.24) is 5.16 Å². The van der Waals surface area contributed by atoms with E-state index in [0.29, 0.717) is 16.3 Å². The molecule has 20 heavy (non-hydrogen) atoms. The van der Waals surface area contributed by atoms with E-state index < -0.39 is 11.9 Å². The van der Waals surface area contributed by atoms with Crippen molar-refractivity contribution in [2.24, 2.45) is 0 Å². The van der Waals surface area contributed by atoms with Crippen LogP contribution in [0.5, 0.6) is 5.88 Å². The number of carbonyl (C=O) groups excluding carboxylic acids is 2. The van der Waals surface area contributed by atoms with Crippen molar-refractivity contribution in [2.75, 3.05) is 19.0 Å². The Hall–Kier alpha value is -2.35. The van der Waals surface area contributed by atoms with E-state index >= 15 is 0 Å². The summed E-state index contributed by atoms with van der Waals surface area (Å²) in [5.74, 6) is -0.0834. The molecule has 0 bridgehead atoms. The third kappa shape index (κ3) is 3.35. The molecule has 2 heterocycles. The molecular formula is C12H12N2O5S. The number of thiophene rings is 1. The van der Waals surface area contributed by atoms with Crippen LogP contribution in [0.2, 0.25) is 0 Å². The maximum atomic E-state index is 11.7. The number of hydrogen-bond donors (Lipinski definition) is 1. The third-order valence-corrected chi connectivity index (χ3v) is 3.16. The van der Waals surface area contributed by atoms with Gasteiger partial charge in [-0.3, -0.25) is 4.79 Å². The summed E-state index contributed by atoms with van der Waals surface area (Å²) in [5.41, 5.74) is 0.395. The lowest BCUT2D eigenvalue weighted by Gasteiger charge is -2.05. The molecule has 0 aliphatic rings. The highest BCUT2D eigenvalue weighted by Gasteiger charge is 2.16. The largest absolute Gasteiger partial charge is 0.465 e. The fourth-order valence-corrected chi connectivity index (χ4v) is 2.16. The molecule has 2 rings (SSSR count). The fourth-order valence-electron chi connectivity index (χ4n) is 1.40. The van der Waals surface area contributed by atoms with Crippen molar-refractivity contribution in [3.8, 4) is 5.88 Å². The van der Waals surface area contributed by atoms with E-state index in [9.17, 15) is 9.59 Å². The second kappa shape index (κ2) is 6.20. The minimum absolute atomic E-state index is 0.233. The number of ether oxygens (including phenoxy) is 2. The molecule has 2 aromatic rings. The molecule has 2 aromatic heterocycles. The first kappa shape index (κ1) is 14.1. The summed E-state index contributed by atoms with van der Waals surface area (Å²) in [6.45, 7) is 1.48. The molecule has 0 aliphatic carbocycles. The maximum Gasteiger partial charge on any atom is 0.350 e. The number of aryl methyl sites for hydroxylation is 1. The van der Waals surface area contributed by atoms with Crippen LogP contribution in [0.4, 0.5) is 5.69 Å². The van der Waals surface area contributed by atoms with Crippen molar-refractivity contribution in [1.29, 1.82) is 0 Å². The maximum absolute atomic E-state index is 11.7. The first-order valence-electron chi connectivity index (χ1n) is 5.62. The average Bonchev–Trinajstić information content (AvgIpc) is 3.04. The number of rotatable bonds is 5. The van der Waals surface area contributed by atoms with Gasteiger partial charge >= 0.3 is 5.97 Å². The monoisotopic (exact) mass is 296 g/mol. The van der Waals surface area contributed by atoms with Gasteiger partial charge in [-0.25, -0.2) is 4.79 Å². The Balaban J connectivity index is 1.91. The van der Waals surface area contributed by atoms with Crippen LogP contribution in [0.3, 0.4) is 0 Å². The number of carbonyl (C=O) groups is 2. The quantitative estimate of drug-likeness (QED) is 0.847. The molecule has 1 N–H and O–H groups in total. The molecule has 0 fully saturated rings. The van der Waals surface area contributed by atoms with Crippen LogP contribution in [0, 0.1) is 6.92 Å². The van der Waals surface area contributed by atoms with E-state index in [0.717, 1.165) is 0 Å². The highest BCUT2D eigenvalue weighted by Crippen LogP contribution is 2.23. The van der Waals surface area contributed by atoms with Gasteiger partial charge in [-0.1, -0.05) is 0 Å². The number of aromatic nitrogens is 1.